The average Bonchev–Trinajstić information content (AvgIpc) is 2.48. The number of hydrogen-bond acceptors (Lipinski definition) is 3. The summed E-state index contributed by atoms with van der Waals surface area (Å²) in [4.78, 5) is 4.22. The average molecular weight is 286 g/mol. The molecule has 0 aromatic heterocycles. The summed E-state index contributed by atoms with van der Waals surface area (Å²) < 4.78 is 0. The van der Waals surface area contributed by atoms with E-state index in [4.69, 9.17) is 5.11 Å². The Bertz CT molecular complexity index is 466. The van der Waals surface area contributed by atoms with E-state index in [-0.39, 0.29) is 6.61 Å². The molecule has 114 valence electrons. The van der Waals surface area contributed by atoms with Crippen LogP contribution in [-0.2, 0) is 0 Å². The van der Waals surface area contributed by atoms with E-state index in [1.165, 1.54) is 22.5 Å². The van der Waals surface area contributed by atoms with Gasteiger partial charge in [-0.15, -0.1) is 0 Å². The quantitative estimate of drug-likeness (QED) is 0.935. The number of nitrogens with zero attached hydrogens (tertiary/aromatic N) is 2. The molecule has 0 bridgehead atoms. The lowest BCUT2D eigenvalue weighted by Crippen LogP contribution is -2.08. The molecule has 0 unspecified atom stereocenters. The van der Waals surface area contributed by atoms with Crippen molar-refractivity contribution in [3.63, 3.8) is 0 Å². The van der Waals surface area contributed by atoms with Crippen LogP contribution in [0.15, 0.2) is 48.5 Å². The van der Waals surface area contributed by atoms with Crippen molar-refractivity contribution in [3.05, 3.63) is 48.5 Å². The van der Waals surface area contributed by atoms with E-state index >= 15 is 0 Å². The van der Waals surface area contributed by atoms with E-state index in [1.54, 1.807) is 6.92 Å². The summed E-state index contributed by atoms with van der Waals surface area (Å²) in [5, 5.41) is 7.57. The van der Waals surface area contributed by atoms with Crippen molar-refractivity contribution in [1.29, 1.82) is 0 Å². The molecular weight excluding hydrogens is 260 g/mol. The zero-order valence-electron chi connectivity index (χ0n) is 13.7. The van der Waals surface area contributed by atoms with Crippen LogP contribution in [0.3, 0.4) is 0 Å². The van der Waals surface area contributed by atoms with E-state index in [0.29, 0.717) is 0 Å². The maximum absolute atomic E-state index is 7.57. The summed E-state index contributed by atoms with van der Waals surface area (Å²) in [6, 6.07) is 17.3. The highest BCUT2D eigenvalue weighted by molar-refractivity contribution is 5.68. The van der Waals surface area contributed by atoms with Gasteiger partial charge in [0.2, 0.25) is 0 Å². The van der Waals surface area contributed by atoms with Crippen molar-refractivity contribution in [2.45, 2.75) is 6.92 Å². The smallest absolute Gasteiger partial charge is 0.0402 e. The molecule has 0 spiro atoms. The van der Waals surface area contributed by atoms with Gasteiger partial charge in [-0.05, 0) is 42.3 Å². The molecule has 2 aromatic carbocycles. The predicted octanol–water partition coefficient (Wildman–Crippen LogP) is 3.48. The largest absolute Gasteiger partial charge is 0.397 e. The number of rotatable bonds is 3. The van der Waals surface area contributed by atoms with Crippen LogP contribution >= 0.6 is 0 Å². The molecule has 21 heavy (non-hydrogen) atoms. The molecule has 3 heteroatoms. The fourth-order valence-electron chi connectivity index (χ4n) is 1.90. The maximum atomic E-state index is 7.57. The highest BCUT2D eigenvalue weighted by Crippen LogP contribution is 2.24. The van der Waals surface area contributed by atoms with Gasteiger partial charge in [-0.1, -0.05) is 24.3 Å². The van der Waals surface area contributed by atoms with Gasteiger partial charge in [0.05, 0.1) is 0 Å². The molecule has 0 fully saturated rings. The normalized spacial score (nSPS) is 9.62. The monoisotopic (exact) mass is 286 g/mol. The van der Waals surface area contributed by atoms with E-state index in [9.17, 15) is 0 Å². The van der Waals surface area contributed by atoms with Gasteiger partial charge >= 0.3 is 0 Å². The minimum atomic E-state index is 0.250. The highest BCUT2D eigenvalue weighted by Gasteiger charge is 2.00. The lowest BCUT2D eigenvalue weighted by Gasteiger charge is -2.14. The van der Waals surface area contributed by atoms with Crippen LogP contribution in [0.1, 0.15) is 6.92 Å². The van der Waals surface area contributed by atoms with Gasteiger partial charge in [-0.3, -0.25) is 0 Å². The van der Waals surface area contributed by atoms with Gasteiger partial charge < -0.3 is 14.9 Å². The molecule has 0 amide bonds. The molecule has 0 radical (unpaired) electrons. The van der Waals surface area contributed by atoms with Crippen molar-refractivity contribution >= 4 is 11.4 Å². The molecule has 0 aliphatic carbocycles. The molecule has 2 aromatic rings. The lowest BCUT2D eigenvalue weighted by atomic mass is 10.0. The molecule has 3 nitrogen and oxygen atoms in total. The third kappa shape index (κ3) is 5.12. The Kier molecular flexibility index (Phi) is 6.76. The van der Waals surface area contributed by atoms with Crippen molar-refractivity contribution in [2.24, 2.45) is 0 Å². The van der Waals surface area contributed by atoms with Crippen LogP contribution in [-0.4, -0.2) is 39.9 Å². The molecule has 0 aliphatic heterocycles. The van der Waals surface area contributed by atoms with Crippen molar-refractivity contribution in [1.82, 2.24) is 0 Å². The SMILES string of the molecule is CCO.CN(C)c1ccc(-c2ccc(N(C)C)cc2)cc1. The van der Waals surface area contributed by atoms with Gasteiger partial charge in [-0.2, -0.15) is 0 Å². The van der Waals surface area contributed by atoms with E-state index in [2.05, 4.69) is 86.5 Å². The summed E-state index contributed by atoms with van der Waals surface area (Å²) >= 11 is 0. The van der Waals surface area contributed by atoms with Crippen LogP contribution in [0.25, 0.3) is 11.1 Å². The molecule has 0 saturated carbocycles. The standard InChI is InChI=1S/C16H20N2.C2H6O/c1-17(2)15-9-5-13(6-10-15)14-7-11-16(12-8-14)18(3)4;1-2-3/h5-12H,1-4H3;3H,2H2,1H3. The Hall–Kier alpha value is -2.00. The Morgan fingerprint density at radius 3 is 1.10 bits per heavy atom. The summed E-state index contributed by atoms with van der Waals surface area (Å²) in [6.45, 7) is 1.93. The summed E-state index contributed by atoms with van der Waals surface area (Å²) in [7, 11) is 8.23. The number of benzene rings is 2. The second kappa shape index (κ2) is 8.32. The first-order valence-electron chi connectivity index (χ1n) is 7.15. The fraction of sp³-hybridized carbons (Fsp3) is 0.333. The first-order chi connectivity index (χ1) is 9.99. The minimum absolute atomic E-state index is 0.250. The van der Waals surface area contributed by atoms with Gasteiger partial charge in [0, 0.05) is 46.2 Å². The van der Waals surface area contributed by atoms with E-state index in [0.717, 1.165) is 0 Å². The number of anilines is 2. The molecule has 0 saturated heterocycles. The van der Waals surface area contributed by atoms with Crippen LogP contribution in [0.4, 0.5) is 11.4 Å². The highest BCUT2D eigenvalue weighted by atomic mass is 16.2. The van der Waals surface area contributed by atoms with Gasteiger partial charge in [0.1, 0.15) is 0 Å². The topological polar surface area (TPSA) is 26.7 Å². The fourth-order valence-corrected chi connectivity index (χ4v) is 1.90. The molecule has 1 N–H and O–H groups in total. The first kappa shape index (κ1) is 17.1. The van der Waals surface area contributed by atoms with E-state index in [1.807, 2.05) is 0 Å². The number of aliphatic hydroxyl groups excluding tert-OH is 1. The molecule has 2 rings (SSSR count). The summed E-state index contributed by atoms with van der Waals surface area (Å²) in [6.07, 6.45) is 0. The van der Waals surface area contributed by atoms with Gasteiger partial charge in [-0.25, -0.2) is 0 Å². The molecular formula is C18H26N2O. The van der Waals surface area contributed by atoms with Crippen molar-refractivity contribution < 1.29 is 5.11 Å². The predicted molar refractivity (Wildman–Crippen MR) is 93.3 cm³/mol. The third-order valence-corrected chi connectivity index (χ3v) is 3.10. The summed E-state index contributed by atoms with van der Waals surface area (Å²) in [5.74, 6) is 0. The van der Waals surface area contributed by atoms with Crippen LogP contribution in [0, 0.1) is 0 Å². The molecule has 0 aliphatic rings. The summed E-state index contributed by atoms with van der Waals surface area (Å²) in [5.41, 5.74) is 4.96. The third-order valence-electron chi connectivity index (χ3n) is 3.10. The van der Waals surface area contributed by atoms with Crippen LogP contribution < -0.4 is 9.80 Å². The Morgan fingerprint density at radius 1 is 0.667 bits per heavy atom. The number of aliphatic hydroxyl groups is 1. The molecule has 0 atom stereocenters. The second-order valence-electron chi connectivity index (χ2n) is 5.20. The minimum Gasteiger partial charge on any atom is -0.397 e. The Labute approximate surface area is 128 Å². The number of hydrogen-bond donors (Lipinski definition) is 1. The van der Waals surface area contributed by atoms with Gasteiger partial charge in [0.25, 0.3) is 0 Å². The van der Waals surface area contributed by atoms with Crippen molar-refractivity contribution in [3.8, 4) is 11.1 Å². The maximum Gasteiger partial charge on any atom is 0.0402 e. The Morgan fingerprint density at radius 2 is 0.905 bits per heavy atom. The second-order valence-corrected chi connectivity index (χ2v) is 5.20. The lowest BCUT2D eigenvalue weighted by molar-refractivity contribution is 0.318. The van der Waals surface area contributed by atoms with E-state index < -0.39 is 0 Å². The van der Waals surface area contributed by atoms with Crippen LogP contribution in [0.2, 0.25) is 0 Å². The van der Waals surface area contributed by atoms with Crippen LogP contribution in [0.5, 0.6) is 0 Å². The Balaban J connectivity index is 0.000000677. The zero-order valence-corrected chi connectivity index (χ0v) is 13.7. The van der Waals surface area contributed by atoms with Gasteiger partial charge in [0.15, 0.2) is 0 Å². The zero-order chi connectivity index (χ0) is 15.8. The van der Waals surface area contributed by atoms with Crippen molar-refractivity contribution in [2.75, 3.05) is 44.6 Å². The first-order valence-corrected chi connectivity index (χ1v) is 7.15. The molecule has 0 heterocycles.